The molecule has 2 rings (SSSR count). The molecule has 0 aliphatic rings. The molecule has 0 aliphatic heterocycles. The van der Waals surface area contributed by atoms with Gasteiger partial charge in [0.15, 0.2) is 0 Å². The van der Waals surface area contributed by atoms with Crippen LogP contribution in [-0.2, 0) is 12.6 Å². The number of rotatable bonds is 8. The minimum absolute atomic E-state index is 0.0239. The van der Waals surface area contributed by atoms with Crippen LogP contribution >= 0.6 is 0 Å². The number of alkyl halides is 3. The lowest BCUT2D eigenvalue weighted by Gasteiger charge is -2.19. The lowest BCUT2D eigenvalue weighted by Crippen LogP contribution is -2.07. The van der Waals surface area contributed by atoms with E-state index in [-0.39, 0.29) is 5.92 Å². The Hall–Kier alpha value is -2.23. The van der Waals surface area contributed by atoms with Crippen molar-refractivity contribution in [2.24, 2.45) is 0 Å². The Bertz CT molecular complexity index is 700. The number of hydrogen-bond donors (Lipinski definition) is 0. The van der Waals surface area contributed by atoms with Gasteiger partial charge in [-0.2, -0.15) is 13.2 Å². The summed E-state index contributed by atoms with van der Waals surface area (Å²) in [5.41, 5.74) is 2.23. The number of benzene rings is 2. The third kappa shape index (κ3) is 5.65. The van der Waals surface area contributed by atoms with Gasteiger partial charge in [-0.05, 0) is 55.2 Å². The van der Waals surface area contributed by atoms with Crippen LogP contribution in [0.2, 0.25) is 0 Å². The molecule has 0 amide bonds. The smallest absolute Gasteiger partial charge is 0.416 e. The van der Waals surface area contributed by atoms with Gasteiger partial charge in [0, 0.05) is 5.92 Å². The highest BCUT2D eigenvalue weighted by atomic mass is 19.4. The van der Waals surface area contributed by atoms with E-state index in [2.05, 4.69) is 13.5 Å². The quantitative estimate of drug-likeness (QED) is 0.371. The van der Waals surface area contributed by atoms with Gasteiger partial charge in [0.25, 0.3) is 0 Å². The Morgan fingerprint density at radius 1 is 1.04 bits per heavy atom. The molecule has 0 spiro atoms. The van der Waals surface area contributed by atoms with Crippen molar-refractivity contribution in [2.45, 2.75) is 45.2 Å². The third-order valence-corrected chi connectivity index (χ3v) is 4.37. The molecule has 0 radical (unpaired) electrons. The van der Waals surface area contributed by atoms with Gasteiger partial charge in [0.05, 0.1) is 12.2 Å². The van der Waals surface area contributed by atoms with Crippen LogP contribution in [-0.4, -0.2) is 6.61 Å². The zero-order chi connectivity index (χ0) is 19.2. The number of unbranched alkanes of at least 4 members (excludes halogenated alkanes) is 1. The van der Waals surface area contributed by atoms with Crippen LogP contribution < -0.4 is 4.74 Å². The van der Waals surface area contributed by atoms with Crippen molar-refractivity contribution < 1.29 is 17.9 Å². The molecule has 26 heavy (non-hydrogen) atoms. The summed E-state index contributed by atoms with van der Waals surface area (Å²) in [6.07, 6.45) is -1.51. The van der Waals surface area contributed by atoms with Gasteiger partial charge in [0.2, 0.25) is 0 Å². The fraction of sp³-hybridized carbons (Fsp3) is 0.364. The zero-order valence-electron chi connectivity index (χ0n) is 15.3. The van der Waals surface area contributed by atoms with Crippen molar-refractivity contribution in [1.82, 2.24) is 0 Å². The monoisotopic (exact) mass is 362 g/mol. The minimum atomic E-state index is -4.31. The summed E-state index contributed by atoms with van der Waals surface area (Å²) in [6, 6.07) is 13.2. The Morgan fingerprint density at radius 3 is 2.15 bits per heavy atom. The van der Waals surface area contributed by atoms with E-state index >= 15 is 0 Å². The summed E-state index contributed by atoms with van der Waals surface area (Å²) in [5.74, 6) is 0.813. The number of allylic oxidation sites excluding steroid dienone is 1. The number of halogens is 3. The molecule has 1 atom stereocenters. The van der Waals surface area contributed by atoms with E-state index in [9.17, 15) is 13.2 Å². The summed E-state index contributed by atoms with van der Waals surface area (Å²) in [6.45, 7) is 8.75. The Kier molecular flexibility index (Phi) is 6.90. The molecule has 140 valence electrons. The van der Waals surface area contributed by atoms with Crippen LogP contribution in [0.1, 0.15) is 49.3 Å². The van der Waals surface area contributed by atoms with Crippen molar-refractivity contribution in [3.05, 3.63) is 77.4 Å². The molecule has 0 aromatic heterocycles. The fourth-order valence-electron chi connectivity index (χ4n) is 2.77. The van der Waals surface area contributed by atoms with Crippen LogP contribution in [0, 0.1) is 0 Å². The van der Waals surface area contributed by atoms with Crippen LogP contribution in [0.15, 0.2) is 60.7 Å². The van der Waals surface area contributed by atoms with Gasteiger partial charge in [-0.1, -0.05) is 49.8 Å². The molecular formula is C22H25F3O. The van der Waals surface area contributed by atoms with Crippen molar-refractivity contribution in [2.75, 3.05) is 6.61 Å². The predicted molar refractivity (Wildman–Crippen MR) is 99.5 cm³/mol. The second-order valence-corrected chi connectivity index (χ2v) is 6.57. The van der Waals surface area contributed by atoms with Crippen LogP contribution in [0.3, 0.4) is 0 Å². The normalized spacial score (nSPS) is 12.7. The van der Waals surface area contributed by atoms with Crippen LogP contribution in [0.5, 0.6) is 5.75 Å². The van der Waals surface area contributed by atoms with Gasteiger partial charge >= 0.3 is 6.18 Å². The highest BCUT2D eigenvalue weighted by molar-refractivity contribution is 5.35. The first kappa shape index (κ1) is 20.1. The van der Waals surface area contributed by atoms with E-state index in [1.807, 2.05) is 31.2 Å². The standard InChI is InChI=1S/C22H25F3O/c1-4-5-14-26-20-12-6-17(7-13-20)15-21(16(2)3)18-8-10-19(11-9-18)22(23,24)25/h6-13,21H,2,4-5,14-15H2,1,3H3. The van der Waals surface area contributed by atoms with Gasteiger partial charge in [-0.3, -0.25) is 0 Å². The molecule has 2 aromatic carbocycles. The van der Waals surface area contributed by atoms with Gasteiger partial charge < -0.3 is 4.74 Å². The second-order valence-electron chi connectivity index (χ2n) is 6.57. The maximum atomic E-state index is 12.7. The molecular weight excluding hydrogens is 337 g/mol. The molecule has 0 aliphatic carbocycles. The fourth-order valence-corrected chi connectivity index (χ4v) is 2.77. The average Bonchev–Trinajstić information content (AvgIpc) is 2.60. The van der Waals surface area contributed by atoms with E-state index in [0.717, 1.165) is 47.4 Å². The Balaban J connectivity index is 2.09. The maximum absolute atomic E-state index is 12.7. The lowest BCUT2D eigenvalue weighted by molar-refractivity contribution is -0.137. The van der Waals surface area contributed by atoms with Gasteiger partial charge in [0.1, 0.15) is 5.75 Å². The van der Waals surface area contributed by atoms with E-state index in [4.69, 9.17) is 4.74 Å². The van der Waals surface area contributed by atoms with E-state index < -0.39 is 11.7 Å². The van der Waals surface area contributed by atoms with Crippen molar-refractivity contribution >= 4 is 0 Å². The SMILES string of the molecule is C=C(C)C(Cc1ccc(OCCCC)cc1)c1ccc(C(F)(F)F)cc1. The molecule has 0 saturated heterocycles. The molecule has 1 unspecified atom stereocenters. The molecule has 0 bridgehead atoms. The molecule has 0 fully saturated rings. The van der Waals surface area contributed by atoms with Gasteiger partial charge in [-0.25, -0.2) is 0 Å². The summed E-state index contributed by atoms with van der Waals surface area (Å²) in [7, 11) is 0. The van der Waals surface area contributed by atoms with Crippen molar-refractivity contribution in [3.63, 3.8) is 0 Å². The highest BCUT2D eigenvalue weighted by Gasteiger charge is 2.30. The highest BCUT2D eigenvalue weighted by Crippen LogP contribution is 2.33. The second kappa shape index (κ2) is 8.93. The first-order valence-corrected chi connectivity index (χ1v) is 8.85. The summed E-state index contributed by atoms with van der Waals surface area (Å²) in [4.78, 5) is 0. The minimum Gasteiger partial charge on any atom is -0.494 e. The summed E-state index contributed by atoms with van der Waals surface area (Å²) < 4.78 is 43.9. The lowest BCUT2D eigenvalue weighted by atomic mass is 9.86. The Morgan fingerprint density at radius 2 is 1.65 bits per heavy atom. The van der Waals surface area contributed by atoms with Crippen molar-refractivity contribution in [3.8, 4) is 5.75 Å². The average molecular weight is 362 g/mol. The zero-order valence-corrected chi connectivity index (χ0v) is 15.3. The first-order valence-electron chi connectivity index (χ1n) is 8.85. The third-order valence-electron chi connectivity index (χ3n) is 4.37. The molecule has 2 aromatic rings. The largest absolute Gasteiger partial charge is 0.494 e. The van der Waals surface area contributed by atoms with E-state index in [1.165, 1.54) is 0 Å². The predicted octanol–water partition coefficient (Wildman–Crippen LogP) is 6.79. The van der Waals surface area contributed by atoms with E-state index in [0.29, 0.717) is 13.0 Å². The molecule has 1 nitrogen and oxygen atoms in total. The molecule has 0 N–H and O–H groups in total. The van der Waals surface area contributed by atoms with Crippen LogP contribution in [0.4, 0.5) is 13.2 Å². The van der Waals surface area contributed by atoms with Crippen molar-refractivity contribution in [1.29, 1.82) is 0 Å². The topological polar surface area (TPSA) is 9.23 Å². The first-order chi connectivity index (χ1) is 12.3. The maximum Gasteiger partial charge on any atom is 0.416 e. The Labute approximate surface area is 153 Å². The van der Waals surface area contributed by atoms with Crippen LogP contribution in [0.25, 0.3) is 0 Å². The number of ether oxygens (including phenoxy) is 1. The number of hydrogen-bond acceptors (Lipinski definition) is 1. The van der Waals surface area contributed by atoms with Gasteiger partial charge in [-0.15, -0.1) is 0 Å². The summed E-state index contributed by atoms with van der Waals surface area (Å²) in [5, 5.41) is 0. The molecule has 0 saturated carbocycles. The molecule has 0 heterocycles. The molecule has 4 heteroatoms. The summed E-state index contributed by atoms with van der Waals surface area (Å²) >= 11 is 0. The van der Waals surface area contributed by atoms with E-state index in [1.54, 1.807) is 12.1 Å².